The van der Waals surface area contributed by atoms with Gasteiger partial charge in [-0.3, -0.25) is 4.79 Å². The molecule has 0 aromatic heterocycles. The standard InChI is InChI=1S/C18H27ClN2O2.ClH/c1-17(2,14-5-4-6-15(19)11-14)16(22)21-12-18(13-23-3)7-9-20-10-8-18;/h4-6,11,20H,7-10,12-13H2,1-3H3,(H,21,22);1H. The van der Waals surface area contributed by atoms with Gasteiger partial charge in [0.2, 0.25) is 5.91 Å². The van der Waals surface area contributed by atoms with E-state index in [2.05, 4.69) is 10.6 Å². The van der Waals surface area contributed by atoms with Crippen LogP contribution in [0.1, 0.15) is 32.3 Å². The highest BCUT2D eigenvalue weighted by Crippen LogP contribution is 2.30. The van der Waals surface area contributed by atoms with Gasteiger partial charge >= 0.3 is 0 Å². The minimum Gasteiger partial charge on any atom is -0.384 e. The Bertz CT molecular complexity index is 538. The molecule has 1 aromatic rings. The summed E-state index contributed by atoms with van der Waals surface area (Å²) < 4.78 is 5.41. The zero-order valence-corrected chi connectivity index (χ0v) is 16.2. The first kappa shape index (κ1) is 21.2. The summed E-state index contributed by atoms with van der Waals surface area (Å²) in [6.45, 7) is 7.12. The number of halogens is 2. The molecule has 0 unspecified atom stereocenters. The van der Waals surface area contributed by atoms with Crippen LogP contribution in [-0.2, 0) is 14.9 Å². The van der Waals surface area contributed by atoms with Gasteiger partial charge in [-0.05, 0) is 57.5 Å². The molecule has 1 aliphatic heterocycles. The molecule has 2 rings (SSSR count). The molecule has 0 bridgehead atoms. The van der Waals surface area contributed by atoms with Crippen molar-refractivity contribution < 1.29 is 9.53 Å². The number of carbonyl (C=O) groups is 1. The lowest BCUT2D eigenvalue weighted by molar-refractivity contribution is -0.126. The average Bonchev–Trinajstić information content (AvgIpc) is 2.54. The molecule has 0 spiro atoms. The Morgan fingerprint density at radius 2 is 2.04 bits per heavy atom. The number of amides is 1. The molecular weight excluding hydrogens is 347 g/mol. The van der Waals surface area contributed by atoms with Gasteiger partial charge in [-0.1, -0.05) is 23.7 Å². The summed E-state index contributed by atoms with van der Waals surface area (Å²) in [7, 11) is 1.72. The van der Waals surface area contributed by atoms with E-state index in [1.165, 1.54) is 0 Å². The first-order valence-corrected chi connectivity index (χ1v) is 8.51. The Morgan fingerprint density at radius 1 is 1.38 bits per heavy atom. The van der Waals surface area contributed by atoms with Gasteiger partial charge in [0.25, 0.3) is 0 Å². The maximum absolute atomic E-state index is 12.8. The van der Waals surface area contributed by atoms with Crippen LogP contribution in [0.5, 0.6) is 0 Å². The van der Waals surface area contributed by atoms with E-state index in [-0.39, 0.29) is 23.7 Å². The van der Waals surface area contributed by atoms with E-state index in [1.54, 1.807) is 7.11 Å². The van der Waals surface area contributed by atoms with Crippen LogP contribution in [0.3, 0.4) is 0 Å². The quantitative estimate of drug-likeness (QED) is 0.803. The van der Waals surface area contributed by atoms with Crippen molar-refractivity contribution in [1.82, 2.24) is 10.6 Å². The van der Waals surface area contributed by atoms with Crippen LogP contribution < -0.4 is 10.6 Å². The molecular formula is C18H28Cl2N2O2. The molecule has 24 heavy (non-hydrogen) atoms. The Kier molecular flexibility index (Phi) is 8.00. The van der Waals surface area contributed by atoms with E-state index in [0.717, 1.165) is 31.5 Å². The van der Waals surface area contributed by atoms with Crippen LogP contribution in [0.15, 0.2) is 24.3 Å². The Hall–Kier alpha value is -0.810. The number of hydrogen-bond donors (Lipinski definition) is 2. The molecule has 6 heteroatoms. The zero-order valence-electron chi connectivity index (χ0n) is 14.7. The van der Waals surface area contributed by atoms with Gasteiger partial charge in [-0.15, -0.1) is 12.4 Å². The van der Waals surface area contributed by atoms with Crippen LogP contribution in [-0.4, -0.2) is 39.3 Å². The van der Waals surface area contributed by atoms with Crippen molar-refractivity contribution in [3.8, 4) is 0 Å². The monoisotopic (exact) mass is 374 g/mol. The molecule has 0 radical (unpaired) electrons. The largest absolute Gasteiger partial charge is 0.384 e. The van der Waals surface area contributed by atoms with Crippen molar-refractivity contribution >= 4 is 29.9 Å². The van der Waals surface area contributed by atoms with Crippen molar-refractivity contribution in [1.29, 1.82) is 0 Å². The van der Waals surface area contributed by atoms with Gasteiger partial charge in [0.05, 0.1) is 12.0 Å². The predicted octanol–water partition coefficient (Wildman–Crippen LogP) is 3.17. The third kappa shape index (κ3) is 5.09. The molecule has 0 atom stereocenters. The molecule has 2 N–H and O–H groups in total. The number of ether oxygens (including phenoxy) is 1. The molecule has 1 amide bonds. The van der Waals surface area contributed by atoms with Crippen LogP contribution >= 0.6 is 24.0 Å². The fourth-order valence-corrected chi connectivity index (χ4v) is 3.32. The SMILES string of the molecule is COCC1(CNC(=O)C(C)(C)c2cccc(Cl)c2)CCNCC1.Cl. The first-order valence-electron chi connectivity index (χ1n) is 8.14. The van der Waals surface area contributed by atoms with Crippen molar-refractivity contribution in [2.24, 2.45) is 5.41 Å². The number of piperidine rings is 1. The smallest absolute Gasteiger partial charge is 0.230 e. The Morgan fingerprint density at radius 3 is 2.62 bits per heavy atom. The van der Waals surface area contributed by atoms with Crippen LogP contribution in [0, 0.1) is 5.41 Å². The lowest BCUT2D eigenvalue weighted by atomic mass is 9.78. The van der Waals surface area contributed by atoms with E-state index < -0.39 is 5.41 Å². The van der Waals surface area contributed by atoms with Gasteiger partial charge in [-0.2, -0.15) is 0 Å². The maximum Gasteiger partial charge on any atom is 0.230 e. The van der Waals surface area contributed by atoms with Crippen LogP contribution in [0.2, 0.25) is 5.02 Å². The van der Waals surface area contributed by atoms with Crippen molar-refractivity contribution in [3.63, 3.8) is 0 Å². The van der Waals surface area contributed by atoms with Crippen molar-refractivity contribution in [2.75, 3.05) is 33.4 Å². The second-order valence-corrected chi connectivity index (χ2v) is 7.44. The lowest BCUT2D eigenvalue weighted by Crippen LogP contribution is -2.50. The summed E-state index contributed by atoms with van der Waals surface area (Å²) in [5, 5.41) is 7.16. The minimum atomic E-state index is -0.619. The Labute approximate surface area is 156 Å². The second kappa shape index (κ2) is 9.04. The van der Waals surface area contributed by atoms with Gasteiger partial charge < -0.3 is 15.4 Å². The van der Waals surface area contributed by atoms with E-state index in [0.29, 0.717) is 18.2 Å². The number of nitrogens with one attached hydrogen (secondary N) is 2. The molecule has 1 heterocycles. The summed E-state index contributed by atoms with van der Waals surface area (Å²) in [5.41, 5.74) is 0.334. The van der Waals surface area contributed by atoms with Crippen molar-refractivity contribution in [3.05, 3.63) is 34.9 Å². The van der Waals surface area contributed by atoms with Gasteiger partial charge in [-0.25, -0.2) is 0 Å². The molecule has 1 aromatic carbocycles. The highest BCUT2D eigenvalue weighted by Gasteiger charge is 2.35. The molecule has 1 fully saturated rings. The van der Waals surface area contributed by atoms with E-state index in [1.807, 2.05) is 38.1 Å². The van der Waals surface area contributed by atoms with Crippen LogP contribution in [0.25, 0.3) is 0 Å². The van der Waals surface area contributed by atoms with Gasteiger partial charge in [0.1, 0.15) is 0 Å². The Balaban J connectivity index is 0.00000288. The summed E-state index contributed by atoms with van der Waals surface area (Å²) >= 11 is 6.06. The third-order valence-electron chi connectivity index (χ3n) is 4.85. The number of hydrogen-bond acceptors (Lipinski definition) is 3. The molecule has 0 saturated carbocycles. The summed E-state index contributed by atoms with van der Waals surface area (Å²) in [4.78, 5) is 12.8. The molecule has 1 saturated heterocycles. The average molecular weight is 375 g/mol. The molecule has 4 nitrogen and oxygen atoms in total. The number of methoxy groups -OCH3 is 1. The molecule has 1 aliphatic rings. The van der Waals surface area contributed by atoms with Gasteiger partial charge in [0, 0.05) is 24.1 Å². The summed E-state index contributed by atoms with van der Waals surface area (Å²) in [5.74, 6) is 0.0220. The predicted molar refractivity (Wildman–Crippen MR) is 101 cm³/mol. The minimum absolute atomic E-state index is 0. The summed E-state index contributed by atoms with van der Waals surface area (Å²) in [6.07, 6.45) is 2.03. The fourth-order valence-electron chi connectivity index (χ4n) is 3.13. The van der Waals surface area contributed by atoms with E-state index in [9.17, 15) is 4.79 Å². The highest BCUT2D eigenvalue weighted by molar-refractivity contribution is 6.30. The second-order valence-electron chi connectivity index (χ2n) is 7.00. The fraction of sp³-hybridized carbons (Fsp3) is 0.611. The number of benzene rings is 1. The number of rotatable bonds is 6. The summed E-state index contributed by atoms with van der Waals surface area (Å²) in [6, 6.07) is 7.51. The first-order chi connectivity index (χ1) is 10.9. The number of carbonyl (C=O) groups excluding carboxylic acids is 1. The van der Waals surface area contributed by atoms with Gasteiger partial charge in [0.15, 0.2) is 0 Å². The highest BCUT2D eigenvalue weighted by atomic mass is 35.5. The molecule has 136 valence electrons. The third-order valence-corrected chi connectivity index (χ3v) is 5.09. The topological polar surface area (TPSA) is 50.4 Å². The van der Waals surface area contributed by atoms with E-state index >= 15 is 0 Å². The lowest BCUT2D eigenvalue weighted by Gasteiger charge is -2.38. The normalized spacial score (nSPS) is 17.0. The van der Waals surface area contributed by atoms with Crippen molar-refractivity contribution in [2.45, 2.75) is 32.1 Å². The zero-order chi connectivity index (χ0) is 16.9. The molecule has 0 aliphatic carbocycles. The maximum atomic E-state index is 12.8. The van der Waals surface area contributed by atoms with E-state index in [4.69, 9.17) is 16.3 Å². The van der Waals surface area contributed by atoms with Crippen LogP contribution in [0.4, 0.5) is 0 Å².